The van der Waals surface area contributed by atoms with E-state index in [1.54, 1.807) is 36.5 Å². The van der Waals surface area contributed by atoms with Gasteiger partial charge in [-0.3, -0.25) is 9.78 Å². The number of hydrogen-bond acceptors (Lipinski definition) is 3. The monoisotopic (exact) mass is 281 g/mol. The number of anilines is 1. The molecule has 4 heteroatoms. The number of amides is 1. The largest absolute Gasteiger partial charge is 0.399 e. The van der Waals surface area contributed by atoms with Crippen LogP contribution >= 0.6 is 0 Å². The molecule has 21 heavy (non-hydrogen) atoms. The van der Waals surface area contributed by atoms with Crippen LogP contribution in [0.25, 0.3) is 6.08 Å². The van der Waals surface area contributed by atoms with E-state index in [-0.39, 0.29) is 11.9 Å². The molecule has 0 saturated carbocycles. The Hall–Kier alpha value is -2.62. The van der Waals surface area contributed by atoms with E-state index < -0.39 is 0 Å². The molecule has 1 aromatic carbocycles. The van der Waals surface area contributed by atoms with Gasteiger partial charge in [0.1, 0.15) is 0 Å². The lowest BCUT2D eigenvalue weighted by molar-refractivity contribution is -0.126. The minimum absolute atomic E-state index is 0.00318. The number of nitrogen functional groups attached to an aromatic ring is 1. The fraction of sp³-hybridized carbons (Fsp3) is 0.176. The molecule has 0 bridgehead atoms. The molecule has 0 saturated heterocycles. The van der Waals surface area contributed by atoms with E-state index in [1.165, 1.54) is 0 Å². The fourth-order valence-corrected chi connectivity index (χ4v) is 1.95. The molecule has 0 spiro atoms. The SMILES string of the molecule is CC(c1ccncc1)N(C)C(=O)/C=C/c1ccc(N)cc1. The number of carbonyl (C=O) groups excluding carboxylic acids is 1. The number of nitrogens with zero attached hydrogens (tertiary/aromatic N) is 2. The predicted octanol–water partition coefficient (Wildman–Crippen LogP) is 2.90. The number of carbonyl (C=O) groups is 1. The summed E-state index contributed by atoms with van der Waals surface area (Å²) in [6.07, 6.45) is 6.82. The van der Waals surface area contributed by atoms with Crippen LogP contribution in [0, 0.1) is 0 Å². The second kappa shape index (κ2) is 6.70. The van der Waals surface area contributed by atoms with E-state index in [1.807, 2.05) is 43.3 Å². The first-order chi connectivity index (χ1) is 10.1. The van der Waals surface area contributed by atoms with Crippen molar-refractivity contribution in [2.75, 3.05) is 12.8 Å². The van der Waals surface area contributed by atoms with Gasteiger partial charge < -0.3 is 10.6 Å². The summed E-state index contributed by atoms with van der Waals surface area (Å²) < 4.78 is 0. The van der Waals surface area contributed by atoms with Crippen molar-refractivity contribution < 1.29 is 4.79 Å². The van der Waals surface area contributed by atoms with Crippen LogP contribution in [0.15, 0.2) is 54.9 Å². The normalized spacial score (nSPS) is 12.3. The van der Waals surface area contributed by atoms with Crippen molar-refractivity contribution in [1.82, 2.24) is 9.88 Å². The zero-order valence-corrected chi connectivity index (χ0v) is 12.2. The van der Waals surface area contributed by atoms with E-state index in [2.05, 4.69) is 4.98 Å². The Morgan fingerprint density at radius 1 is 1.19 bits per heavy atom. The van der Waals surface area contributed by atoms with Crippen LogP contribution in [0.2, 0.25) is 0 Å². The average Bonchev–Trinajstić information content (AvgIpc) is 2.53. The van der Waals surface area contributed by atoms with Gasteiger partial charge in [0.2, 0.25) is 5.91 Å². The number of pyridine rings is 1. The molecular formula is C17H19N3O. The number of likely N-dealkylation sites (N-methyl/N-ethyl adjacent to an activating group) is 1. The summed E-state index contributed by atoms with van der Waals surface area (Å²) in [6, 6.07) is 11.2. The Balaban J connectivity index is 2.04. The third-order valence-corrected chi connectivity index (χ3v) is 3.47. The summed E-state index contributed by atoms with van der Waals surface area (Å²) >= 11 is 0. The van der Waals surface area contributed by atoms with E-state index in [4.69, 9.17) is 5.73 Å². The first kappa shape index (κ1) is 14.8. The zero-order valence-electron chi connectivity index (χ0n) is 12.2. The highest BCUT2D eigenvalue weighted by Gasteiger charge is 2.14. The molecular weight excluding hydrogens is 262 g/mol. The molecule has 0 radical (unpaired) electrons. The molecule has 1 unspecified atom stereocenters. The van der Waals surface area contributed by atoms with Gasteiger partial charge in [0.15, 0.2) is 0 Å². The molecule has 2 aromatic rings. The van der Waals surface area contributed by atoms with Gasteiger partial charge in [-0.15, -0.1) is 0 Å². The van der Waals surface area contributed by atoms with Gasteiger partial charge in [-0.1, -0.05) is 12.1 Å². The van der Waals surface area contributed by atoms with Crippen molar-refractivity contribution >= 4 is 17.7 Å². The molecule has 4 nitrogen and oxygen atoms in total. The summed E-state index contributed by atoms with van der Waals surface area (Å²) in [7, 11) is 1.79. The van der Waals surface area contributed by atoms with Gasteiger partial charge in [-0.25, -0.2) is 0 Å². The molecule has 0 fully saturated rings. The molecule has 1 amide bonds. The Kier molecular flexibility index (Phi) is 4.72. The lowest BCUT2D eigenvalue weighted by Gasteiger charge is -2.23. The maximum Gasteiger partial charge on any atom is 0.246 e. The van der Waals surface area contributed by atoms with Crippen molar-refractivity contribution in [3.8, 4) is 0 Å². The number of aromatic nitrogens is 1. The summed E-state index contributed by atoms with van der Waals surface area (Å²) in [5.41, 5.74) is 8.34. The molecule has 108 valence electrons. The molecule has 1 heterocycles. The summed E-state index contributed by atoms with van der Waals surface area (Å²) in [5, 5.41) is 0. The highest BCUT2D eigenvalue weighted by Crippen LogP contribution is 2.18. The van der Waals surface area contributed by atoms with E-state index >= 15 is 0 Å². The topological polar surface area (TPSA) is 59.2 Å². The minimum atomic E-state index is -0.0452. The molecule has 1 aromatic heterocycles. The van der Waals surface area contributed by atoms with Gasteiger partial charge >= 0.3 is 0 Å². The zero-order chi connectivity index (χ0) is 15.2. The number of benzene rings is 1. The lowest BCUT2D eigenvalue weighted by Crippen LogP contribution is -2.27. The first-order valence-corrected chi connectivity index (χ1v) is 6.78. The minimum Gasteiger partial charge on any atom is -0.399 e. The first-order valence-electron chi connectivity index (χ1n) is 6.78. The Labute approximate surface area is 124 Å². The molecule has 2 rings (SSSR count). The van der Waals surface area contributed by atoms with Crippen molar-refractivity contribution in [2.24, 2.45) is 0 Å². The maximum absolute atomic E-state index is 12.2. The van der Waals surface area contributed by atoms with E-state index in [0.29, 0.717) is 5.69 Å². The van der Waals surface area contributed by atoms with Crippen molar-refractivity contribution in [3.05, 3.63) is 66.0 Å². The molecule has 0 aliphatic carbocycles. The van der Waals surface area contributed by atoms with Gasteiger partial charge in [0, 0.05) is 31.2 Å². The van der Waals surface area contributed by atoms with Crippen LogP contribution in [0.3, 0.4) is 0 Å². The highest BCUT2D eigenvalue weighted by molar-refractivity contribution is 5.91. The van der Waals surface area contributed by atoms with Crippen molar-refractivity contribution in [3.63, 3.8) is 0 Å². The predicted molar refractivity (Wildman–Crippen MR) is 85.3 cm³/mol. The van der Waals surface area contributed by atoms with Crippen LogP contribution < -0.4 is 5.73 Å². The van der Waals surface area contributed by atoms with Crippen molar-refractivity contribution in [1.29, 1.82) is 0 Å². The average molecular weight is 281 g/mol. The Bertz CT molecular complexity index is 620. The van der Waals surface area contributed by atoms with Gasteiger partial charge in [0.05, 0.1) is 6.04 Å². The van der Waals surface area contributed by atoms with E-state index in [0.717, 1.165) is 11.1 Å². The molecule has 0 aliphatic heterocycles. The molecule has 1 atom stereocenters. The van der Waals surface area contributed by atoms with Crippen LogP contribution in [0.1, 0.15) is 24.1 Å². The summed E-state index contributed by atoms with van der Waals surface area (Å²) in [4.78, 5) is 17.9. The summed E-state index contributed by atoms with van der Waals surface area (Å²) in [6.45, 7) is 1.99. The number of rotatable bonds is 4. The molecule has 2 N–H and O–H groups in total. The third-order valence-electron chi connectivity index (χ3n) is 3.47. The van der Waals surface area contributed by atoms with Gasteiger partial charge in [0.25, 0.3) is 0 Å². The number of hydrogen-bond donors (Lipinski definition) is 1. The molecule has 0 aliphatic rings. The third kappa shape index (κ3) is 3.92. The summed E-state index contributed by atoms with van der Waals surface area (Å²) in [5.74, 6) is -0.0452. The lowest BCUT2D eigenvalue weighted by atomic mass is 10.1. The second-order valence-electron chi connectivity index (χ2n) is 4.91. The van der Waals surface area contributed by atoms with Crippen LogP contribution in [-0.2, 0) is 4.79 Å². The van der Waals surface area contributed by atoms with Gasteiger partial charge in [-0.05, 0) is 48.4 Å². The van der Waals surface area contributed by atoms with Crippen LogP contribution in [0.5, 0.6) is 0 Å². The quantitative estimate of drug-likeness (QED) is 0.692. The smallest absolute Gasteiger partial charge is 0.246 e. The van der Waals surface area contributed by atoms with Gasteiger partial charge in [-0.2, -0.15) is 0 Å². The van der Waals surface area contributed by atoms with Crippen molar-refractivity contribution in [2.45, 2.75) is 13.0 Å². The number of nitrogens with two attached hydrogens (primary N) is 1. The van der Waals surface area contributed by atoms with Crippen LogP contribution in [-0.4, -0.2) is 22.8 Å². The standard InChI is InChI=1S/C17H19N3O/c1-13(15-9-11-19-12-10-15)20(2)17(21)8-5-14-3-6-16(18)7-4-14/h3-13H,18H2,1-2H3/b8-5+. The van der Waals surface area contributed by atoms with E-state index in [9.17, 15) is 4.79 Å². The van der Waals surface area contributed by atoms with Crippen LogP contribution in [0.4, 0.5) is 5.69 Å². The Morgan fingerprint density at radius 2 is 1.81 bits per heavy atom. The second-order valence-corrected chi connectivity index (χ2v) is 4.91. The highest BCUT2D eigenvalue weighted by atomic mass is 16.2. The fourth-order valence-electron chi connectivity index (χ4n) is 1.95. The Morgan fingerprint density at radius 3 is 2.43 bits per heavy atom. The maximum atomic E-state index is 12.2.